The molecule has 7 nitrogen and oxygen atoms in total. The number of aromatic nitrogens is 2. The minimum absolute atomic E-state index is 0.00119. The quantitative estimate of drug-likeness (QED) is 0.680. The number of ether oxygens (including phenoxy) is 2. The van der Waals surface area contributed by atoms with Gasteiger partial charge in [0.05, 0.1) is 26.0 Å². The first kappa shape index (κ1) is 19.4. The summed E-state index contributed by atoms with van der Waals surface area (Å²) in [6, 6.07) is 15.4. The molecule has 0 saturated carbocycles. The third-order valence-electron chi connectivity index (χ3n) is 6.09. The van der Waals surface area contributed by atoms with Gasteiger partial charge in [0, 0.05) is 41.5 Å². The van der Waals surface area contributed by atoms with Crippen LogP contribution in [0.2, 0.25) is 0 Å². The number of hydrogen-bond donors (Lipinski definition) is 1. The number of anilines is 1. The van der Waals surface area contributed by atoms with Crippen molar-refractivity contribution in [3.63, 3.8) is 0 Å². The van der Waals surface area contributed by atoms with E-state index in [1.165, 1.54) is 0 Å². The Labute approximate surface area is 181 Å². The summed E-state index contributed by atoms with van der Waals surface area (Å²) in [5.41, 5.74) is 3.78. The van der Waals surface area contributed by atoms with Crippen molar-refractivity contribution >= 4 is 11.7 Å². The number of hydrogen-bond acceptors (Lipinski definition) is 5. The fourth-order valence-corrected chi connectivity index (χ4v) is 4.62. The lowest BCUT2D eigenvalue weighted by molar-refractivity contribution is 0.178. The van der Waals surface area contributed by atoms with Gasteiger partial charge in [0.25, 0.3) is 0 Å². The highest BCUT2D eigenvalue weighted by Crippen LogP contribution is 2.43. The number of amides is 2. The van der Waals surface area contributed by atoms with Crippen LogP contribution in [0, 0.1) is 0 Å². The van der Waals surface area contributed by atoms with E-state index in [9.17, 15) is 4.79 Å². The number of urea groups is 1. The molecule has 2 aromatic carbocycles. The number of methoxy groups -OCH3 is 2. The summed E-state index contributed by atoms with van der Waals surface area (Å²) in [7, 11) is 3.17. The number of rotatable bonds is 4. The van der Waals surface area contributed by atoms with E-state index in [0.29, 0.717) is 17.2 Å². The zero-order chi connectivity index (χ0) is 21.4. The Morgan fingerprint density at radius 1 is 1.06 bits per heavy atom. The largest absolute Gasteiger partial charge is 0.493 e. The number of benzene rings is 2. The van der Waals surface area contributed by atoms with Gasteiger partial charge in [-0.25, -0.2) is 14.8 Å². The van der Waals surface area contributed by atoms with Gasteiger partial charge in [-0.05, 0) is 25.0 Å². The molecule has 3 heterocycles. The third kappa shape index (κ3) is 3.46. The molecule has 0 unspecified atom stereocenters. The summed E-state index contributed by atoms with van der Waals surface area (Å²) in [5.74, 6) is 1.94. The van der Waals surface area contributed by atoms with Gasteiger partial charge in [-0.15, -0.1) is 0 Å². The highest BCUT2D eigenvalue weighted by molar-refractivity contribution is 5.90. The van der Waals surface area contributed by atoms with Crippen molar-refractivity contribution in [2.24, 2.45) is 0 Å². The first-order chi connectivity index (χ1) is 15.2. The summed E-state index contributed by atoms with van der Waals surface area (Å²) in [6.07, 6.45) is 4.52. The first-order valence-electron chi connectivity index (χ1n) is 10.4. The molecule has 0 spiro atoms. The van der Waals surface area contributed by atoms with E-state index in [1.54, 1.807) is 26.4 Å². The van der Waals surface area contributed by atoms with Crippen molar-refractivity contribution < 1.29 is 14.3 Å². The van der Waals surface area contributed by atoms with Crippen LogP contribution in [0.15, 0.2) is 54.7 Å². The van der Waals surface area contributed by atoms with E-state index in [1.807, 2.05) is 47.5 Å². The van der Waals surface area contributed by atoms with E-state index in [4.69, 9.17) is 14.5 Å². The van der Waals surface area contributed by atoms with Gasteiger partial charge in [-0.2, -0.15) is 0 Å². The van der Waals surface area contributed by atoms with Crippen molar-refractivity contribution in [3.8, 4) is 22.9 Å². The van der Waals surface area contributed by atoms with E-state index in [-0.39, 0.29) is 18.1 Å². The second-order valence-electron chi connectivity index (χ2n) is 7.82. The van der Waals surface area contributed by atoms with Crippen LogP contribution in [0.25, 0.3) is 11.4 Å². The van der Waals surface area contributed by atoms with Crippen LogP contribution in [0.5, 0.6) is 11.5 Å². The number of fused-ring (bicyclic) bond motifs is 4. The third-order valence-corrected chi connectivity index (χ3v) is 6.09. The van der Waals surface area contributed by atoms with Crippen LogP contribution in [-0.4, -0.2) is 41.2 Å². The van der Waals surface area contributed by atoms with Crippen molar-refractivity contribution in [2.75, 3.05) is 19.5 Å². The Kier molecular flexibility index (Phi) is 4.94. The molecule has 5 rings (SSSR count). The molecule has 2 amide bonds. The molecule has 3 aromatic rings. The smallest absolute Gasteiger partial charge is 0.322 e. The molecular formula is C24H24N4O3. The summed E-state index contributed by atoms with van der Waals surface area (Å²) in [4.78, 5) is 24.6. The summed E-state index contributed by atoms with van der Waals surface area (Å²) >= 11 is 0. The second-order valence-corrected chi connectivity index (χ2v) is 7.82. The predicted molar refractivity (Wildman–Crippen MR) is 117 cm³/mol. The van der Waals surface area contributed by atoms with Crippen molar-refractivity contribution in [1.82, 2.24) is 14.9 Å². The first-order valence-corrected chi connectivity index (χ1v) is 10.4. The fourth-order valence-electron chi connectivity index (χ4n) is 4.62. The second kappa shape index (κ2) is 7.91. The Balaban J connectivity index is 1.39. The van der Waals surface area contributed by atoms with Gasteiger partial charge in [0.15, 0.2) is 17.3 Å². The molecule has 0 aliphatic carbocycles. The van der Waals surface area contributed by atoms with Gasteiger partial charge in [-0.3, -0.25) is 0 Å². The number of carbonyl (C=O) groups is 1. The minimum atomic E-state index is -0.113. The minimum Gasteiger partial charge on any atom is -0.493 e. The number of nitrogens with zero attached hydrogens (tertiary/aromatic N) is 3. The van der Waals surface area contributed by atoms with Crippen LogP contribution in [0.1, 0.15) is 30.1 Å². The normalized spacial score (nSPS) is 19.0. The van der Waals surface area contributed by atoms with Crippen molar-refractivity contribution in [1.29, 1.82) is 0 Å². The molecule has 1 fully saturated rings. The Bertz CT molecular complexity index is 1120. The highest BCUT2D eigenvalue weighted by atomic mass is 16.5. The summed E-state index contributed by atoms with van der Waals surface area (Å²) in [6.45, 7) is 0. The van der Waals surface area contributed by atoms with Crippen LogP contribution < -0.4 is 14.8 Å². The predicted octanol–water partition coefficient (Wildman–Crippen LogP) is 4.45. The maximum atomic E-state index is 13.2. The molecule has 31 heavy (non-hydrogen) atoms. The molecule has 1 aromatic heterocycles. The van der Waals surface area contributed by atoms with Crippen LogP contribution >= 0.6 is 0 Å². The van der Waals surface area contributed by atoms with Crippen LogP contribution in [-0.2, 0) is 6.42 Å². The Morgan fingerprint density at radius 2 is 1.87 bits per heavy atom. The van der Waals surface area contributed by atoms with Gasteiger partial charge in [0.1, 0.15) is 0 Å². The Hall–Kier alpha value is -3.61. The number of carbonyl (C=O) groups excluding carboxylic acids is 1. The molecule has 1 N–H and O–H groups in total. The molecular weight excluding hydrogens is 392 g/mol. The average molecular weight is 416 g/mol. The SMILES string of the molecule is COc1ccc(NC(=O)N2[C@H]3CC[C@@H]2c2cnc(-c4ccccc4)nc2C3)cc1OC. The number of nitrogens with one attached hydrogen (secondary N) is 1. The van der Waals surface area contributed by atoms with Crippen LogP contribution in [0.4, 0.5) is 10.5 Å². The topological polar surface area (TPSA) is 76.6 Å². The zero-order valence-electron chi connectivity index (χ0n) is 17.5. The molecule has 1 saturated heterocycles. The zero-order valence-corrected chi connectivity index (χ0v) is 17.5. The fraction of sp³-hybridized carbons (Fsp3) is 0.292. The van der Waals surface area contributed by atoms with Gasteiger partial charge in [0.2, 0.25) is 0 Å². The maximum Gasteiger partial charge on any atom is 0.322 e. The van der Waals surface area contributed by atoms with Gasteiger partial charge < -0.3 is 19.7 Å². The molecule has 2 atom stereocenters. The average Bonchev–Trinajstić information content (AvgIpc) is 3.14. The van der Waals surface area contributed by atoms with Crippen LogP contribution in [0.3, 0.4) is 0 Å². The van der Waals surface area contributed by atoms with E-state index in [2.05, 4.69) is 10.3 Å². The summed E-state index contributed by atoms with van der Waals surface area (Å²) < 4.78 is 10.6. The molecule has 7 heteroatoms. The molecule has 158 valence electrons. The molecule has 2 aliphatic heterocycles. The lowest BCUT2D eigenvalue weighted by atomic mass is 9.99. The van der Waals surface area contributed by atoms with E-state index >= 15 is 0 Å². The van der Waals surface area contributed by atoms with Gasteiger partial charge >= 0.3 is 6.03 Å². The summed E-state index contributed by atoms with van der Waals surface area (Å²) in [5, 5.41) is 3.02. The van der Waals surface area contributed by atoms with Gasteiger partial charge in [-0.1, -0.05) is 30.3 Å². The molecule has 2 bridgehead atoms. The monoisotopic (exact) mass is 416 g/mol. The van der Waals surface area contributed by atoms with E-state index < -0.39 is 0 Å². The Morgan fingerprint density at radius 3 is 2.65 bits per heavy atom. The highest BCUT2D eigenvalue weighted by Gasteiger charge is 2.43. The standard InChI is InChI=1S/C24H24N4O3/c1-30-21-11-8-16(12-22(21)31-2)26-24(29)28-17-9-10-20(28)18-14-25-23(27-19(18)13-17)15-6-4-3-5-7-15/h3-8,11-12,14,17,20H,9-10,13H2,1-2H3,(H,26,29)/t17-,20+/m0/s1. The lowest BCUT2D eigenvalue weighted by Gasteiger charge is -2.35. The maximum absolute atomic E-state index is 13.2. The van der Waals surface area contributed by atoms with E-state index in [0.717, 1.165) is 41.9 Å². The molecule has 2 aliphatic rings. The van der Waals surface area contributed by atoms with Crippen molar-refractivity contribution in [2.45, 2.75) is 31.3 Å². The lowest BCUT2D eigenvalue weighted by Crippen LogP contribution is -2.44. The molecule has 0 radical (unpaired) electrons. The van der Waals surface area contributed by atoms with Crippen molar-refractivity contribution in [3.05, 3.63) is 66.0 Å².